The molecule has 0 aliphatic rings. The molecule has 2 aromatic rings. The Balaban J connectivity index is 2.33. The molecule has 5 nitrogen and oxygen atoms in total. The molecular weight excluding hydrogens is 268 g/mol. The van der Waals surface area contributed by atoms with E-state index in [2.05, 4.69) is 4.98 Å². The van der Waals surface area contributed by atoms with Crippen molar-refractivity contribution in [3.63, 3.8) is 0 Å². The average Bonchev–Trinajstić information content (AvgIpc) is 2.36. The van der Waals surface area contributed by atoms with E-state index in [-0.39, 0.29) is 5.69 Å². The number of hydrogen-bond acceptors (Lipinski definition) is 4. The topological polar surface area (TPSA) is 65.3 Å². The summed E-state index contributed by atoms with van der Waals surface area (Å²) in [5, 5.41) is 11.0. The first kappa shape index (κ1) is 13.3. The Morgan fingerprint density at radius 2 is 1.95 bits per heavy atom. The second kappa shape index (κ2) is 5.24. The molecule has 0 spiro atoms. The lowest BCUT2D eigenvalue weighted by molar-refractivity contribution is -0.384. The number of hydrogen-bond donors (Lipinski definition) is 0. The minimum Gasteiger partial charge on any atom is -0.457 e. The van der Waals surface area contributed by atoms with Crippen LogP contribution in [0.15, 0.2) is 30.5 Å². The summed E-state index contributed by atoms with van der Waals surface area (Å²) in [5.41, 5.74) is 1.55. The number of nitro groups is 1. The summed E-state index contributed by atoms with van der Waals surface area (Å²) in [6, 6.07) is 6.05. The van der Waals surface area contributed by atoms with Crippen molar-refractivity contribution in [3.05, 3.63) is 56.9 Å². The summed E-state index contributed by atoms with van der Waals surface area (Å²) in [4.78, 5) is 14.2. The highest BCUT2D eigenvalue weighted by Gasteiger charge is 2.10. The molecule has 0 aliphatic carbocycles. The maximum atomic E-state index is 10.7. The maximum absolute atomic E-state index is 10.7. The van der Waals surface area contributed by atoms with Gasteiger partial charge in [0.15, 0.2) is 0 Å². The number of pyridine rings is 1. The fraction of sp³-hybridized carbons (Fsp3) is 0.154. The van der Waals surface area contributed by atoms with E-state index in [1.165, 1.54) is 12.1 Å². The molecule has 2 rings (SSSR count). The van der Waals surface area contributed by atoms with Crippen LogP contribution in [0.25, 0.3) is 0 Å². The minimum atomic E-state index is -0.439. The van der Waals surface area contributed by atoms with Crippen LogP contribution in [0.3, 0.4) is 0 Å². The Bertz CT molecular complexity index is 644. The molecule has 0 amide bonds. The fourth-order valence-corrected chi connectivity index (χ4v) is 1.72. The van der Waals surface area contributed by atoms with Gasteiger partial charge in [0.25, 0.3) is 5.69 Å². The van der Waals surface area contributed by atoms with Crippen molar-refractivity contribution in [1.29, 1.82) is 0 Å². The molecule has 0 radical (unpaired) electrons. The van der Waals surface area contributed by atoms with Crippen molar-refractivity contribution >= 4 is 17.3 Å². The SMILES string of the molecule is Cc1cc([N+](=O)[O-])ccc1Oc1cc(Cl)ncc1C. The summed E-state index contributed by atoms with van der Waals surface area (Å²) >= 11 is 5.81. The van der Waals surface area contributed by atoms with Gasteiger partial charge in [-0.3, -0.25) is 10.1 Å². The second-order valence-corrected chi connectivity index (χ2v) is 4.47. The van der Waals surface area contributed by atoms with Crippen molar-refractivity contribution in [2.45, 2.75) is 13.8 Å². The lowest BCUT2D eigenvalue weighted by atomic mass is 10.2. The lowest BCUT2D eigenvalue weighted by Gasteiger charge is -2.10. The van der Waals surface area contributed by atoms with Crippen LogP contribution in [0.2, 0.25) is 5.15 Å². The zero-order valence-corrected chi connectivity index (χ0v) is 11.1. The predicted molar refractivity (Wildman–Crippen MR) is 71.9 cm³/mol. The Morgan fingerprint density at radius 1 is 1.21 bits per heavy atom. The molecule has 0 saturated carbocycles. The van der Waals surface area contributed by atoms with E-state index in [4.69, 9.17) is 16.3 Å². The highest BCUT2D eigenvalue weighted by molar-refractivity contribution is 6.29. The Kier molecular flexibility index (Phi) is 3.66. The highest BCUT2D eigenvalue weighted by atomic mass is 35.5. The summed E-state index contributed by atoms with van der Waals surface area (Å²) in [7, 11) is 0. The van der Waals surface area contributed by atoms with Gasteiger partial charge in [0.05, 0.1) is 4.92 Å². The Morgan fingerprint density at radius 3 is 2.58 bits per heavy atom. The minimum absolute atomic E-state index is 0.0364. The van der Waals surface area contributed by atoms with Gasteiger partial charge >= 0.3 is 0 Å². The van der Waals surface area contributed by atoms with E-state index in [9.17, 15) is 10.1 Å². The molecule has 0 atom stereocenters. The van der Waals surface area contributed by atoms with Crippen LogP contribution >= 0.6 is 11.6 Å². The molecule has 1 aromatic carbocycles. The van der Waals surface area contributed by atoms with Crippen LogP contribution in [-0.4, -0.2) is 9.91 Å². The number of aromatic nitrogens is 1. The number of benzene rings is 1. The van der Waals surface area contributed by atoms with Crippen molar-refractivity contribution in [1.82, 2.24) is 4.98 Å². The number of non-ortho nitro benzene ring substituents is 1. The zero-order valence-electron chi connectivity index (χ0n) is 10.4. The van der Waals surface area contributed by atoms with Crippen LogP contribution < -0.4 is 4.74 Å². The van der Waals surface area contributed by atoms with Gasteiger partial charge in [-0.25, -0.2) is 4.98 Å². The quantitative estimate of drug-likeness (QED) is 0.482. The number of nitro benzene ring substituents is 1. The van der Waals surface area contributed by atoms with Gasteiger partial charge in [-0.2, -0.15) is 0 Å². The van der Waals surface area contributed by atoms with Crippen molar-refractivity contribution in [2.75, 3.05) is 0 Å². The van der Waals surface area contributed by atoms with E-state index in [1.807, 2.05) is 6.92 Å². The maximum Gasteiger partial charge on any atom is 0.269 e. The summed E-state index contributed by atoms with van der Waals surface area (Å²) in [6.45, 7) is 3.60. The third-order valence-corrected chi connectivity index (χ3v) is 2.82. The van der Waals surface area contributed by atoms with Crippen LogP contribution in [-0.2, 0) is 0 Å². The molecule has 0 bridgehead atoms. The predicted octanol–water partition coefficient (Wildman–Crippen LogP) is 4.05. The molecule has 98 valence electrons. The highest BCUT2D eigenvalue weighted by Crippen LogP contribution is 2.30. The summed E-state index contributed by atoms with van der Waals surface area (Å²) in [5.74, 6) is 1.13. The standard InChI is InChI=1S/C13H11ClN2O3/c1-8-5-10(16(17)18)3-4-11(8)19-12-6-13(14)15-7-9(12)2/h3-7H,1-2H3. The molecule has 6 heteroatoms. The molecule has 19 heavy (non-hydrogen) atoms. The number of aryl methyl sites for hydroxylation is 2. The van der Waals surface area contributed by atoms with Gasteiger partial charge in [0.2, 0.25) is 0 Å². The zero-order chi connectivity index (χ0) is 14.0. The Labute approximate surface area is 115 Å². The molecule has 0 aliphatic heterocycles. The molecule has 1 aromatic heterocycles. The van der Waals surface area contributed by atoms with Crippen LogP contribution in [0.4, 0.5) is 5.69 Å². The van der Waals surface area contributed by atoms with Gasteiger partial charge in [0, 0.05) is 30.0 Å². The van der Waals surface area contributed by atoms with Crippen LogP contribution in [0.1, 0.15) is 11.1 Å². The number of nitrogens with zero attached hydrogens (tertiary/aromatic N) is 2. The van der Waals surface area contributed by atoms with Crippen LogP contribution in [0.5, 0.6) is 11.5 Å². The molecular formula is C13H11ClN2O3. The van der Waals surface area contributed by atoms with Gasteiger partial charge < -0.3 is 4.74 Å². The van der Waals surface area contributed by atoms with Crippen molar-refractivity contribution in [3.8, 4) is 11.5 Å². The molecule has 0 fully saturated rings. The van der Waals surface area contributed by atoms with Crippen LogP contribution in [0, 0.1) is 24.0 Å². The first-order valence-electron chi connectivity index (χ1n) is 5.52. The summed E-state index contributed by atoms with van der Waals surface area (Å²) in [6.07, 6.45) is 1.61. The monoisotopic (exact) mass is 278 g/mol. The van der Waals surface area contributed by atoms with Gasteiger partial charge in [-0.1, -0.05) is 11.6 Å². The third-order valence-electron chi connectivity index (χ3n) is 2.61. The first-order valence-corrected chi connectivity index (χ1v) is 5.90. The largest absolute Gasteiger partial charge is 0.457 e. The number of rotatable bonds is 3. The second-order valence-electron chi connectivity index (χ2n) is 4.08. The van der Waals surface area contributed by atoms with E-state index in [0.29, 0.717) is 22.2 Å². The fourth-order valence-electron chi connectivity index (χ4n) is 1.57. The van der Waals surface area contributed by atoms with E-state index in [1.54, 1.807) is 25.3 Å². The van der Waals surface area contributed by atoms with E-state index >= 15 is 0 Å². The van der Waals surface area contributed by atoms with E-state index < -0.39 is 4.92 Å². The first-order chi connectivity index (χ1) is 8.97. The number of ether oxygens (including phenoxy) is 1. The van der Waals surface area contributed by atoms with Crippen molar-refractivity contribution in [2.24, 2.45) is 0 Å². The normalized spacial score (nSPS) is 10.3. The summed E-state index contributed by atoms with van der Waals surface area (Å²) < 4.78 is 5.71. The molecule has 0 N–H and O–H groups in total. The average molecular weight is 279 g/mol. The molecule has 0 unspecified atom stereocenters. The molecule has 1 heterocycles. The molecule has 0 saturated heterocycles. The Hall–Kier alpha value is -2.14. The smallest absolute Gasteiger partial charge is 0.269 e. The van der Waals surface area contributed by atoms with Gasteiger partial charge in [-0.15, -0.1) is 0 Å². The van der Waals surface area contributed by atoms with Gasteiger partial charge in [-0.05, 0) is 25.5 Å². The van der Waals surface area contributed by atoms with Gasteiger partial charge in [0.1, 0.15) is 16.7 Å². The third kappa shape index (κ3) is 3.00. The lowest BCUT2D eigenvalue weighted by Crippen LogP contribution is -1.93. The van der Waals surface area contributed by atoms with Crippen molar-refractivity contribution < 1.29 is 9.66 Å². The van der Waals surface area contributed by atoms with E-state index in [0.717, 1.165) is 5.56 Å². The number of halogens is 1.